The van der Waals surface area contributed by atoms with Gasteiger partial charge in [-0.3, -0.25) is 41.8 Å². The number of aliphatic hydroxyl groups is 3. The second kappa shape index (κ2) is 20.7. The summed E-state index contributed by atoms with van der Waals surface area (Å²) in [6.07, 6.45) is 1.59. The van der Waals surface area contributed by atoms with E-state index in [1.54, 1.807) is 37.3 Å². The molecule has 23 nitrogen and oxygen atoms in total. The molecule has 0 aliphatic carbocycles. The summed E-state index contributed by atoms with van der Waals surface area (Å²) in [7, 11) is 9.93. The summed E-state index contributed by atoms with van der Waals surface area (Å²) in [5.74, 6) is 0.427. The molecule has 0 aliphatic heterocycles. The number of sulfone groups is 1. The Morgan fingerprint density at radius 3 is 1.52 bits per heavy atom. The number of thioether (sulfide) groups is 1. The number of fused-ring (bicyclic) bond motifs is 3. The van der Waals surface area contributed by atoms with E-state index < -0.39 is 21.1 Å². The molecule has 60 heavy (non-hydrogen) atoms. The van der Waals surface area contributed by atoms with Crippen molar-refractivity contribution in [2.24, 2.45) is 63.4 Å². The Morgan fingerprint density at radius 2 is 1.05 bits per heavy atom. The van der Waals surface area contributed by atoms with E-state index in [1.807, 2.05) is 0 Å². The van der Waals surface area contributed by atoms with Crippen LogP contribution in [0.2, 0.25) is 0 Å². The highest BCUT2D eigenvalue weighted by atomic mass is 79.9. The molecule has 0 amide bonds. The van der Waals surface area contributed by atoms with E-state index in [2.05, 4.69) is 30.9 Å². The van der Waals surface area contributed by atoms with Gasteiger partial charge in [0.15, 0.2) is 37.8 Å². The fraction of sp³-hybridized carbons (Fsp3) is 0.545. The molecule has 0 saturated heterocycles. The summed E-state index contributed by atoms with van der Waals surface area (Å²) in [6, 6.07) is 0. The molecule has 6 aromatic rings. The standard InChI is InChI=1S/C11H16N4O5S.C11H16N4O3S.C8H10N4O2S.C3H7BrO/c1-13-7-8(14(2)11(18)15(3)9(7)17)12-10(13)21(19,20)6-4-5-16;1-13-7-8(12-10(13)19-6-4-5-16)14(2)11(18)15(3)9(7)17;1-10-4-5(9-7(10)15)11(2)8(14)12(3)6(4)13;4-2-1-3-5/h16H,4-6H2,1-3H3;16H,4-6H2,1-3H3;1-3H3,(H,9,15);5H,1-3H2. The van der Waals surface area contributed by atoms with E-state index in [0.29, 0.717) is 51.0 Å². The number of aromatic amines is 1. The third-order valence-corrected chi connectivity index (χ3v) is 12.9. The Bertz CT molecular complexity index is 3070. The number of H-pyrrole nitrogens is 1. The predicted octanol–water partition coefficient (Wildman–Crippen LogP) is -2.03. The topological polar surface area (TPSA) is 283 Å². The molecule has 4 N–H and O–H groups in total. The van der Waals surface area contributed by atoms with E-state index >= 15 is 0 Å². The van der Waals surface area contributed by atoms with Gasteiger partial charge in [0.05, 0.1) is 5.75 Å². The lowest BCUT2D eigenvalue weighted by atomic mass is 10.5. The van der Waals surface area contributed by atoms with Gasteiger partial charge in [0.2, 0.25) is 15.0 Å². The maximum absolute atomic E-state index is 12.2. The number of rotatable bonds is 10. The van der Waals surface area contributed by atoms with Gasteiger partial charge in [0.1, 0.15) is 5.65 Å². The Kier molecular flexibility index (Phi) is 17.2. The Labute approximate surface area is 358 Å². The third-order valence-electron chi connectivity index (χ3n) is 9.05. The number of aryl methyl sites for hydroxylation is 6. The van der Waals surface area contributed by atoms with Gasteiger partial charge in [-0.2, -0.15) is 4.98 Å². The average molecular weight is 966 g/mol. The number of hydrogen-bond donors (Lipinski definition) is 4. The first-order valence-corrected chi connectivity index (χ1v) is 22.1. The fourth-order valence-electron chi connectivity index (χ4n) is 5.60. The van der Waals surface area contributed by atoms with Crippen molar-refractivity contribution in [3.8, 4) is 0 Å². The Hall–Kier alpha value is -4.67. The van der Waals surface area contributed by atoms with Crippen molar-refractivity contribution in [2.45, 2.75) is 29.6 Å². The lowest BCUT2D eigenvalue weighted by Gasteiger charge is -2.04. The summed E-state index contributed by atoms with van der Waals surface area (Å²) < 4.78 is 36.1. The molecule has 6 aromatic heterocycles. The largest absolute Gasteiger partial charge is 0.396 e. The second-order valence-corrected chi connectivity index (χ2v) is 17.4. The van der Waals surface area contributed by atoms with Crippen LogP contribution in [-0.4, -0.2) is 116 Å². The minimum atomic E-state index is -3.75. The van der Waals surface area contributed by atoms with Crippen LogP contribution in [0, 0.1) is 4.77 Å². The highest BCUT2D eigenvalue weighted by Crippen LogP contribution is 2.20. The Morgan fingerprint density at radius 1 is 0.600 bits per heavy atom. The van der Waals surface area contributed by atoms with Crippen molar-refractivity contribution >= 4 is 83.2 Å². The maximum Gasteiger partial charge on any atom is 0.332 e. The van der Waals surface area contributed by atoms with Crippen LogP contribution in [0.3, 0.4) is 0 Å². The van der Waals surface area contributed by atoms with E-state index in [0.717, 1.165) is 30.0 Å². The number of hydrogen-bond acceptors (Lipinski definition) is 15. The minimum absolute atomic E-state index is 0.0215. The summed E-state index contributed by atoms with van der Waals surface area (Å²) in [4.78, 5) is 82.4. The molecule has 27 heteroatoms. The summed E-state index contributed by atoms with van der Waals surface area (Å²) in [6.45, 7) is 0.159. The molecule has 0 atom stereocenters. The van der Waals surface area contributed by atoms with Crippen molar-refractivity contribution in [2.75, 3.05) is 36.7 Å². The smallest absolute Gasteiger partial charge is 0.332 e. The molecular weight excluding hydrogens is 917 g/mol. The van der Waals surface area contributed by atoms with Crippen molar-refractivity contribution in [1.82, 2.24) is 56.1 Å². The van der Waals surface area contributed by atoms with Gasteiger partial charge in [-0.25, -0.2) is 27.8 Å². The van der Waals surface area contributed by atoms with E-state index in [-0.39, 0.29) is 64.2 Å². The van der Waals surface area contributed by atoms with Crippen LogP contribution < -0.4 is 33.7 Å². The van der Waals surface area contributed by atoms with Gasteiger partial charge in [0.25, 0.3) is 16.7 Å². The molecule has 0 aromatic carbocycles. The lowest BCUT2D eigenvalue weighted by molar-refractivity contribution is 0.295. The molecule has 6 rings (SSSR count). The number of nitrogens with zero attached hydrogens (tertiary/aromatic N) is 11. The van der Waals surface area contributed by atoms with Crippen molar-refractivity contribution in [3.05, 3.63) is 67.3 Å². The van der Waals surface area contributed by atoms with Gasteiger partial charge in [0, 0.05) is 94.3 Å². The van der Waals surface area contributed by atoms with E-state index in [4.69, 9.17) is 27.5 Å². The second-order valence-electron chi connectivity index (χ2n) is 13.1. The van der Waals surface area contributed by atoms with Crippen molar-refractivity contribution in [3.63, 3.8) is 0 Å². The first-order chi connectivity index (χ1) is 28.1. The number of aromatic nitrogens is 12. The molecule has 0 unspecified atom stereocenters. The van der Waals surface area contributed by atoms with Crippen LogP contribution in [0.4, 0.5) is 0 Å². The van der Waals surface area contributed by atoms with E-state index in [1.165, 1.54) is 60.7 Å². The molecular formula is C33H49BrN12O11S3. The molecule has 0 radical (unpaired) electrons. The van der Waals surface area contributed by atoms with Gasteiger partial charge >= 0.3 is 17.1 Å². The van der Waals surface area contributed by atoms with Crippen LogP contribution in [-0.2, 0) is 73.3 Å². The number of nitrogens with one attached hydrogen (secondary N) is 1. The summed E-state index contributed by atoms with van der Waals surface area (Å²) in [5, 5.41) is 26.9. The zero-order chi connectivity index (χ0) is 45.5. The summed E-state index contributed by atoms with van der Waals surface area (Å²) in [5.41, 5.74) is -0.901. The molecule has 0 saturated carbocycles. The zero-order valence-electron chi connectivity index (χ0n) is 34.5. The van der Waals surface area contributed by atoms with E-state index in [9.17, 15) is 37.2 Å². The summed E-state index contributed by atoms with van der Waals surface area (Å²) >= 11 is 9.61. The SMILES string of the molecule is Cn1c(=O)c2c([nH]c(=S)n2C)n(C)c1=O.Cn1c(=O)c2c(nc(S(=O)(=O)CCCO)n2C)n(C)c1=O.Cn1c(=O)c2c(nc(SCCCO)n2C)n(C)c1=O.OCCCBr. The van der Waals surface area contributed by atoms with Crippen molar-refractivity contribution < 1.29 is 23.7 Å². The lowest BCUT2D eigenvalue weighted by Crippen LogP contribution is -2.37. The minimum Gasteiger partial charge on any atom is -0.396 e. The monoisotopic (exact) mass is 964 g/mol. The third kappa shape index (κ3) is 9.92. The highest BCUT2D eigenvalue weighted by molar-refractivity contribution is 9.09. The molecule has 0 spiro atoms. The number of aliphatic hydroxyl groups excluding tert-OH is 3. The normalized spacial score (nSPS) is 11.3. The molecule has 0 bridgehead atoms. The predicted molar refractivity (Wildman–Crippen MR) is 233 cm³/mol. The molecule has 6 heterocycles. The molecule has 0 fully saturated rings. The van der Waals surface area contributed by atoms with Crippen LogP contribution in [0.1, 0.15) is 19.3 Å². The quantitative estimate of drug-likeness (QED) is 0.0499. The number of halogens is 1. The van der Waals surface area contributed by atoms with Crippen molar-refractivity contribution in [1.29, 1.82) is 0 Å². The van der Waals surface area contributed by atoms with Crippen LogP contribution in [0.25, 0.3) is 33.5 Å². The zero-order valence-corrected chi connectivity index (χ0v) is 38.5. The molecule has 332 valence electrons. The average Bonchev–Trinajstić information content (AvgIpc) is 3.86. The fourth-order valence-corrected chi connectivity index (χ4v) is 8.35. The Balaban J connectivity index is 0.000000229. The van der Waals surface area contributed by atoms with Gasteiger partial charge < -0.3 is 34.0 Å². The number of alkyl halides is 1. The molecule has 0 aliphatic rings. The van der Waals surface area contributed by atoms with Crippen LogP contribution in [0.5, 0.6) is 0 Å². The first kappa shape index (κ1) is 49.7. The van der Waals surface area contributed by atoms with Gasteiger partial charge in [-0.05, 0) is 31.5 Å². The maximum atomic E-state index is 12.2. The van der Waals surface area contributed by atoms with Crippen LogP contribution >= 0.6 is 39.9 Å². The van der Waals surface area contributed by atoms with Crippen LogP contribution in [0.15, 0.2) is 39.1 Å². The first-order valence-electron chi connectivity index (χ1n) is 17.9. The highest BCUT2D eigenvalue weighted by Gasteiger charge is 2.25. The van der Waals surface area contributed by atoms with Gasteiger partial charge in [-0.1, -0.05) is 27.7 Å². The van der Waals surface area contributed by atoms with Gasteiger partial charge in [-0.15, -0.1) is 0 Å². The number of imidazole rings is 3.